The Balaban J connectivity index is 2.11. The molecule has 0 amide bonds. The number of hydrogen-bond donors (Lipinski definition) is 1. The Hall–Kier alpha value is -2.00. The average Bonchev–Trinajstić information content (AvgIpc) is 2.48. The molecule has 0 aliphatic carbocycles. The molecule has 2 aromatic carbocycles. The van der Waals surface area contributed by atoms with Crippen LogP contribution in [0.1, 0.15) is 24.2 Å². The second-order valence-corrected chi connectivity index (χ2v) is 4.83. The standard InChI is InChI=1S/C17H20O3/c1-12-8-10-14(11-9-12)17(18)13(2)20-16-7-5-4-6-15(16)19-3/h4-11,13,17-18H,1-3H3. The fourth-order valence-corrected chi connectivity index (χ4v) is 2.02. The largest absolute Gasteiger partial charge is 0.493 e. The van der Waals surface area contributed by atoms with Crippen molar-refractivity contribution in [1.82, 2.24) is 0 Å². The molecule has 0 saturated carbocycles. The number of rotatable bonds is 5. The van der Waals surface area contributed by atoms with Crippen molar-refractivity contribution in [2.45, 2.75) is 26.1 Å². The predicted molar refractivity (Wildman–Crippen MR) is 79.2 cm³/mol. The number of methoxy groups -OCH3 is 1. The summed E-state index contributed by atoms with van der Waals surface area (Å²) in [6.07, 6.45) is -1.05. The van der Waals surface area contributed by atoms with Crippen molar-refractivity contribution in [2.24, 2.45) is 0 Å². The summed E-state index contributed by atoms with van der Waals surface area (Å²) in [5, 5.41) is 10.3. The van der Waals surface area contributed by atoms with Gasteiger partial charge >= 0.3 is 0 Å². The Morgan fingerprint density at radius 2 is 1.55 bits per heavy atom. The minimum atomic E-state index is -0.680. The molecule has 3 heteroatoms. The van der Waals surface area contributed by atoms with Gasteiger partial charge in [-0.3, -0.25) is 0 Å². The number of aliphatic hydroxyl groups is 1. The highest BCUT2D eigenvalue weighted by atomic mass is 16.5. The molecular formula is C17H20O3. The lowest BCUT2D eigenvalue weighted by Gasteiger charge is -2.22. The lowest BCUT2D eigenvalue weighted by molar-refractivity contribution is 0.0451. The van der Waals surface area contributed by atoms with Crippen molar-refractivity contribution < 1.29 is 14.6 Å². The van der Waals surface area contributed by atoms with E-state index in [1.54, 1.807) is 7.11 Å². The monoisotopic (exact) mass is 272 g/mol. The van der Waals surface area contributed by atoms with Crippen molar-refractivity contribution in [2.75, 3.05) is 7.11 Å². The summed E-state index contributed by atoms with van der Waals surface area (Å²) >= 11 is 0. The van der Waals surface area contributed by atoms with Gasteiger partial charge in [0.15, 0.2) is 11.5 Å². The molecule has 0 saturated heterocycles. The lowest BCUT2D eigenvalue weighted by atomic mass is 10.0. The predicted octanol–water partition coefficient (Wildman–Crippen LogP) is 3.50. The summed E-state index contributed by atoms with van der Waals surface area (Å²) < 4.78 is 11.0. The van der Waals surface area contributed by atoms with Gasteiger partial charge in [0.25, 0.3) is 0 Å². The van der Waals surface area contributed by atoms with Crippen molar-refractivity contribution in [1.29, 1.82) is 0 Å². The van der Waals surface area contributed by atoms with E-state index >= 15 is 0 Å². The fourth-order valence-electron chi connectivity index (χ4n) is 2.02. The molecule has 2 atom stereocenters. The van der Waals surface area contributed by atoms with Crippen LogP contribution in [-0.4, -0.2) is 18.3 Å². The third-order valence-corrected chi connectivity index (χ3v) is 3.25. The SMILES string of the molecule is COc1ccccc1OC(C)C(O)c1ccc(C)cc1. The Morgan fingerprint density at radius 3 is 2.15 bits per heavy atom. The third kappa shape index (κ3) is 3.31. The van der Waals surface area contributed by atoms with Gasteiger partial charge in [-0.1, -0.05) is 42.0 Å². The van der Waals surface area contributed by atoms with Crippen LogP contribution in [0.3, 0.4) is 0 Å². The van der Waals surface area contributed by atoms with Gasteiger partial charge in [-0.25, -0.2) is 0 Å². The molecule has 2 unspecified atom stereocenters. The highest BCUT2D eigenvalue weighted by molar-refractivity contribution is 5.39. The highest BCUT2D eigenvalue weighted by Gasteiger charge is 2.19. The number of hydrogen-bond acceptors (Lipinski definition) is 3. The molecule has 0 radical (unpaired) electrons. The zero-order valence-corrected chi connectivity index (χ0v) is 12.0. The second kappa shape index (κ2) is 6.44. The molecule has 2 aromatic rings. The molecule has 1 N–H and O–H groups in total. The smallest absolute Gasteiger partial charge is 0.161 e. The Kier molecular flexibility index (Phi) is 4.64. The van der Waals surface area contributed by atoms with E-state index < -0.39 is 6.10 Å². The number of para-hydroxylation sites is 2. The van der Waals surface area contributed by atoms with Crippen LogP contribution in [0.4, 0.5) is 0 Å². The Bertz CT molecular complexity index is 548. The Labute approximate surface area is 119 Å². The molecule has 0 aliphatic heterocycles. The maximum Gasteiger partial charge on any atom is 0.161 e. The van der Waals surface area contributed by atoms with Gasteiger partial charge in [0.1, 0.15) is 12.2 Å². The molecular weight excluding hydrogens is 252 g/mol. The Morgan fingerprint density at radius 1 is 0.950 bits per heavy atom. The molecule has 0 heterocycles. The molecule has 106 valence electrons. The topological polar surface area (TPSA) is 38.7 Å². The van der Waals surface area contributed by atoms with E-state index in [4.69, 9.17) is 9.47 Å². The first-order valence-corrected chi connectivity index (χ1v) is 6.66. The van der Waals surface area contributed by atoms with Crippen LogP contribution in [0.15, 0.2) is 48.5 Å². The van der Waals surface area contributed by atoms with Gasteiger partial charge in [-0.2, -0.15) is 0 Å². The van der Waals surface area contributed by atoms with E-state index in [1.807, 2.05) is 62.4 Å². The summed E-state index contributed by atoms with van der Waals surface area (Å²) in [5.74, 6) is 1.30. The average molecular weight is 272 g/mol. The van der Waals surface area contributed by atoms with Gasteiger partial charge in [-0.15, -0.1) is 0 Å². The number of aryl methyl sites for hydroxylation is 1. The van der Waals surface area contributed by atoms with Crippen LogP contribution in [0.25, 0.3) is 0 Å². The van der Waals surface area contributed by atoms with Gasteiger partial charge in [0.2, 0.25) is 0 Å². The van der Waals surface area contributed by atoms with Crippen LogP contribution in [0.5, 0.6) is 11.5 Å². The van der Waals surface area contributed by atoms with Crippen LogP contribution >= 0.6 is 0 Å². The summed E-state index contributed by atoms with van der Waals surface area (Å²) in [4.78, 5) is 0. The quantitative estimate of drug-likeness (QED) is 0.905. The van der Waals surface area contributed by atoms with E-state index in [2.05, 4.69) is 0 Å². The summed E-state index contributed by atoms with van der Waals surface area (Å²) in [6, 6.07) is 15.2. The van der Waals surface area contributed by atoms with Gasteiger partial charge in [0.05, 0.1) is 7.11 Å². The van der Waals surface area contributed by atoms with Crippen LogP contribution in [0.2, 0.25) is 0 Å². The maximum atomic E-state index is 10.3. The second-order valence-electron chi connectivity index (χ2n) is 4.83. The van der Waals surface area contributed by atoms with Crippen molar-refractivity contribution in [3.8, 4) is 11.5 Å². The third-order valence-electron chi connectivity index (χ3n) is 3.25. The molecule has 3 nitrogen and oxygen atoms in total. The molecule has 0 spiro atoms. The normalized spacial score (nSPS) is 13.6. The van der Waals surface area contributed by atoms with E-state index in [-0.39, 0.29) is 6.10 Å². The van der Waals surface area contributed by atoms with E-state index in [9.17, 15) is 5.11 Å². The van der Waals surface area contributed by atoms with E-state index in [1.165, 1.54) is 5.56 Å². The number of aliphatic hydroxyl groups excluding tert-OH is 1. The minimum absolute atomic E-state index is 0.367. The first kappa shape index (κ1) is 14.4. The number of ether oxygens (including phenoxy) is 2. The highest BCUT2D eigenvalue weighted by Crippen LogP contribution is 2.29. The van der Waals surface area contributed by atoms with Crippen molar-refractivity contribution >= 4 is 0 Å². The maximum absolute atomic E-state index is 10.3. The van der Waals surface area contributed by atoms with Gasteiger partial charge < -0.3 is 14.6 Å². The lowest BCUT2D eigenvalue weighted by Crippen LogP contribution is -2.22. The van der Waals surface area contributed by atoms with Gasteiger partial charge in [-0.05, 0) is 31.5 Å². The van der Waals surface area contributed by atoms with Crippen LogP contribution in [0, 0.1) is 6.92 Å². The van der Waals surface area contributed by atoms with Crippen LogP contribution < -0.4 is 9.47 Å². The van der Waals surface area contributed by atoms with Crippen molar-refractivity contribution in [3.63, 3.8) is 0 Å². The fraction of sp³-hybridized carbons (Fsp3) is 0.294. The molecule has 2 rings (SSSR count). The van der Waals surface area contributed by atoms with E-state index in [0.717, 1.165) is 5.56 Å². The first-order valence-electron chi connectivity index (χ1n) is 6.66. The summed E-state index contributed by atoms with van der Waals surface area (Å²) in [5.41, 5.74) is 2.01. The number of benzene rings is 2. The first-order chi connectivity index (χ1) is 9.61. The summed E-state index contributed by atoms with van der Waals surface area (Å²) in [6.45, 7) is 3.86. The summed E-state index contributed by atoms with van der Waals surface area (Å²) in [7, 11) is 1.60. The molecule has 0 aliphatic rings. The molecule has 0 bridgehead atoms. The van der Waals surface area contributed by atoms with Crippen molar-refractivity contribution in [3.05, 3.63) is 59.7 Å². The zero-order valence-electron chi connectivity index (χ0n) is 12.0. The van der Waals surface area contributed by atoms with E-state index in [0.29, 0.717) is 11.5 Å². The minimum Gasteiger partial charge on any atom is -0.493 e. The molecule has 0 fully saturated rings. The van der Waals surface area contributed by atoms with Crippen LogP contribution in [-0.2, 0) is 0 Å². The molecule has 20 heavy (non-hydrogen) atoms. The zero-order chi connectivity index (χ0) is 14.5. The molecule has 0 aromatic heterocycles. The van der Waals surface area contributed by atoms with Gasteiger partial charge in [0, 0.05) is 0 Å².